The number of nitrogens with zero attached hydrogens (tertiary/aromatic N) is 3. The van der Waals surface area contributed by atoms with Crippen molar-refractivity contribution < 1.29 is 9.59 Å². The summed E-state index contributed by atoms with van der Waals surface area (Å²) in [6, 6.07) is 0. The third-order valence-electron chi connectivity index (χ3n) is 4.65. The zero-order valence-corrected chi connectivity index (χ0v) is 14.9. The van der Waals surface area contributed by atoms with Crippen molar-refractivity contribution in [2.45, 2.75) is 25.7 Å². The van der Waals surface area contributed by atoms with Crippen LogP contribution in [0.5, 0.6) is 0 Å². The molecule has 4 rings (SSSR count). The Hall–Kier alpha value is -1.86. The lowest BCUT2D eigenvalue weighted by Crippen LogP contribution is -2.29. The van der Waals surface area contributed by atoms with Gasteiger partial charge in [-0.3, -0.25) is 9.59 Å². The van der Waals surface area contributed by atoms with E-state index in [-0.39, 0.29) is 11.6 Å². The molecule has 7 nitrogen and oxygen atoms in total. The van der Waals surface area contributed by atoms with E-state index in [1.807, 2.05) is 14.7 Å². The molecule has 3 saturated heterocycles. The first-order chi connectivity index (χ1) is 12.2. The number of nitrogens with two attached hydrogens (primary N) is 2. The number of rotatable bonds is 8. The van der Waals surface area contributed by atoms with Gasteiger partial charge in [-0.2, -0.15) is 0 Å². The molecule has 3 aliphatic heterocycles. The number of hydrogen-bond acceptors (Lipinski definition) is 7. The highest BCUT2D eigenvalue weighted by molar-refractivity contribution is 6.22. The maximum atomic E-state index is 12.4. The van der Waals surface area contributed by atoms with Crippen molar-refractivity contribution in [3.8, 4) is 0 Å². The van der Waals surface area contributed by atoms with Crippen molar-refractivity contribution in [1.82, 2.24) is 14.7 Å². The number of Topliss-reactive ketones (excluding diaryl/α,β-unsaturated/α-hetero) is 1. The molecule has 0 spiro atoms. The van der Waals surface area contributed by atoms with Crippen LogP contribution in [0.15, 0.2) is 23.2 Å². The van der Waals surface area contributed by atoms with E-state index in [0.29, 0.717) is 17.1 Å². The maximum Gasteiger partial charge on any atom is 0.227 e. The monoisotopic (exact) mass is 347 g/mol. The largest absolute Gasteiger partial charge is 0.365 e. The van der Waals surface area contributed by atoms with E-state index in [4.69, 9.17) is 11.5 Å². The minimum absolute atomic E-state index is 0.00546. The van der Waals surface area contributed by atoms with Crippen molar-refractivity contribution in [1.29, 1.82) is 0 Å². The molecule has 0 bridgehead atoms. The molecule has 3 fully saturated rings. The molecular weight excluding hydrogens is 318 g/mol. The summed E-state index contributed by atoms with van der Waals surface area (Å²) in [6.07, 6.45) is 6.32. The molecule has 7 heteroatoms. The van der Waals surface area contributed by atoms with E-state index >= 15 is 0 Å². The van der Waals surface area contributed by atoms with Gasteiger partial charge in [0.1, 0.15) is 11.4 Å². The number of carbonyl (C=O) groups is 2. The average Bonchev–Trinajstić information content (AvgIpc) is 3.47. The number of ketones is 2. The smallest absolute Gasteiger partial charge is 0.227 e. The van der Waals surface area contributed by atoms with Crippen LogP contribution in [0.1, 0.15) is 25.7 Å². The molecule has 0 aromatic rings. The quantitative estimate of drug-likeness (QED) is 0.352. The first-order valence-electron chi connectivity index (χ1n) is 9.37. The number of unbranched alkanes of at least 4 members (excludes halogenated alkanes) is 3. The fourth-order valence-corrected chi connectivity index (χ4v) is 2.92. The summed E-state index contributed by atoms with van der Waals surface area (Å²) in [5.41, 5.74) is 12.4. The fraction of sp³-hybridized carbons (Fsp3) is 0.667. The van der Waals surface area contributed by atoms with E-state index in [2.05, 4.69) is 0 Å². The van der Waals surface area contributed by atoms with Crippen LogP contribution in [-0.2, 0) is 9.59 Å². The first kappa shape index (κ1) is 17.9. The lowest BCUT2D eigenvalue weighted by atomic mass is 10.0. The van der Waals surface area contributed by atoms with Crippen molar-refractivity contribution in [2.24, 2.45) is 11.5 Å². The first-order valence-corrected chi connectivity index (χ1v) is 9.37. The van der Waals surface area contributed by atoms with E-state index in [9.17, 15) is 9.59 Å². The molecule has 138 valence electrons. The van der Waals surface area contributed by atoms with Crippen LogP contribution in [0.3, 0.4) is 0 Å². The van der Waals surface area contributed by atoms with Crippen LogP contribution in [-0.4, -0.2) is 78.6 Å². The van der Waals surface area contributed by atoms with Gasteiger partial charge in [0.25, 0.3) is 0 Å². The van der Waals surface area contributed by atoms with Crippen molar-refractivity contribution in [3.63, 3.8) is 0 Å². The van der Waals surface area contributed by atoms with Crippen LogP contribution in [0.2, 0.25) is 0 Å². The van der Waals surface area contributed by atoms with Crippen LogP contribution >= 0.6 is 0 Å². The summed E-state index contributed by atoms with van der Waals surface area (Å²) in [6.45, 7) is 7.05. The van der Waals surface area contributed by atoms with Gasteiger partial charge in [0, 0.05) is 45.3 Å². The summed E-state index contributed by atoms with van der Waals surface area (Å²) in [4.78, 5) is 30.5. The minimum Gasteiger partial charge on any atom is -0.365 e. The van der Waals surface area contributed by atoms with Crippen LogP contribution in [0.4, 0.5) is 0 Å². The lowest BCUT2D eigenvalue weighted by molar-refractivity contribution is -0.117. The minimum atomic E-state index is 0.00546. The van der Waals surface area contributed by atoms with Crippen molar-refractivity contribution >= 4 is 11.6 Å². The molecule has 0 radical (unpaired) electrons. The van der Waals surface area contributed by atoms with Gasteiger partial charge in [-0.05, 0) is 25.9 Å². The third-order valence-corrected chi connectivity index (χ3v) is 4.65. The maximum absolute atomic E-state index is 12.4. The average molecular weight is 347 g/mol. The highest BCUT2D eigenvalue weighted by atomic mass is 16.1. The SMILES string of the molecule is NCCCCCCN.O=C1C=C(N2CC2)C(=O)C(N2CC2)=C1N1CC1. The summed E-state index contributed by atoms with van der Waals surface area (Å²) < 4.78 is 0. The van der Waals surface area contributed by atoms with Crippen LogP contribution in [0.25, 0.3) is 0 Å². The van der Waals surface area contributed by atoms with Gasteiger partial charge in [-0.25, -0.2) is 0 Å². The number of hydrogen-bond donors (Lipinski definition) is 2. The second-order valence-electron chi connectivity index (χ2n) is 6.87. The number of allylic oxidation sites excluding steroid dienone is 1. The van der Waals surface area contributed by atoms with E-state index in [0.717, 1.165) is 65.2 Å². The molecule has 0 aromatic carbocycles. The van der Waals surface area contributed by atoms with E-state index < -0.39 is 0 Å². The second kappa shape index (κ2) is 8.01. The fourth-order valence-electron chi connectivity index (χ4n) is 2.92. The zero-order chi connectivity index (χ0) is 17.8. The summed E-state index contributed by atoms with van der Waals surface area (Å²) >= 11 is 0. The Labute approximate surface area is 149 Å². The van der Waals surface area contributed by atoms with Gasteiger partial charge in [-0.15, -0.1) is 0 Å². The Morgan fingerprint density at radius 2 is 1.20 bits per heavy atom. The Morgan fingerprint density at radius 1 is 0.720 bits per heavy atom. The predicted molar refractivity (Wildman–Crippen MR) is 96.4 cm³/mol. The topological polar surface area (TPSA) is 95.2 Å². The lowest BCUT2D eigenvalue weighted by Gasteiger charge is -2.21. The molecule has 0 unspecified atom stereocenters. The molecule has 0 saturated carbocycles. The van der Waals surface area contributed by atoms with Gasteiger partial charge in [0.05, 0.1) is 5.70 Å². The third kappa shape index (κ3) is 4.61. The van der Waals surface area contributed by atoms with Crippen molar-refractivity contribution in [2.75, 3.05) is 52.4 Å². The summed E-state index contributed by atoms with van der Waals surface area (Å²) in [5, 5.41) is 0. The normalized spacial score (nSPS) is 21.2. The molecule has 1 aliphatic carbocycles. The van der Waals surface area contributed by atoms with Crippen LogP contribution in [0, 0.1) is 0 Å². The highest BCUT2D eigenvalue weighted by Crippen LogP contribution is 2.33. The highest BCUT2D eigenvalue weighted by Gasteiger charge is 2.43. The van der Waals surface area contributed by atoms with Gasteiger partial charge in [0.15, 0.2) is 0 Å². The Morgan fingerprint density at radius 3 is 1.64 bits per heavy atom. The molecule has 4 N–H and O–H groups in total. The molecule has 4 aliphatic rings. The molecule has 0 atom stereocenters. The number of carbonyl (C=O) groups excluding carboxylic acids is 2. The molecule has 0 aromatic heterocycles. The predicted octanol–water partition coefficient (Wildman–Crippen LogP) is -0.355. The second-order valence-corrected chi connectivity index (χ2v) is 6.87. The zero-order valence-electron chi connectivity index (χ0n) is 14.9. The van der Waals surface area contributed by atoms with Gasteiger partial charge in [0.2, 0.25) is 11.6 Å². The molecule has 3 heterocycles. The summed E-state index contributed by atoms with van der Waals surface area (Å²) in [5.74, 6) is 0.0485. The standard InChI is InChI=1S/C12H13N3O2.C6H16N2/c16-9-7-8(13-1-2-13)12(17)11(15-5-6-15)10(9)14-3-4-14;7-5-3-1-2-4-6-8/h7H,1-6H2;1-8H2. The molecule has 0 amide bonds. The van der Waals surface area contributed by atoms with Crippen molar-refractivity contribution in [3.05, 3.63) is 23.2 Å². The van der Waals surface area contributed by atoms with Gasteiger partial charge in [-0.1, -0.05) is 12.8 Å². The van der Waals surface area contributed by atoms with E-state index in [1.54, 1.807) is 0 Å². The van der Waals surface area contributed by atoms with Gasteiger partial charge < -0.3 is 26.2 Å². The Bertz CT molecular complexity index is 580. The van der Waals surface area contributed by atoms with Gasteiger partial charge >= 0.3 is 0 Å². The Balaban J connectivity index is 0.000000197. The summed E-state index contributed by atoms with van der Waals surface area (Å²) in [7, 11) is 0. The van der Waals surface area contributed by atoms with Crippen LogP contribution < -0.4 is 11.5 Å². The van der Waals surface area contributed by atoms with E-state index in [1.165, 1.54) is 18.9 Å². The molecule has 25 heavy (non-hydrogen) atoms. The molecular formula is C18H29N5O2. The Kier molecular flexibility index (Phi) is 5.75.